The highest BCUT2D eigenvalue weighted by molar-refractivity contribution is 5.88. The van der Waals surface area contributed by atoms with E-state index in [1.165, 1.54) is 0 Å². The Bertz CT molecular complexity index is 763. The van der Waals surface area contributed by atoms with Crippen LogP contribution in [-0.2, 0) is 4.74 Å². The molecule has 25 heavy (non-hydrogen) atoms. The zero-order valence-electron chi connectivity index (χ0n) is 14.6. The summed E-state index contributed by atoms with van der Waals surface area (Å²) in [6, 6.07) is 3.89. The number of nitrogens with one attached hydrogen (secondary N) is 2. The number of esters is 1. The van der Waals surface area contributed by atoms with Crippen LogP contribution in [0.15, 0.2) is 24.5 Å². The molecule has 1 aliphatic carbocycles. The molecule has 2 aromatic heterocycles. The van der Waals surface area contributed by atoms with Crippen molar-refractivity contribution in [2.45, 2.75) is 51.7 Å². The molecule has 1 fully saturated rings. The molecule has 1 aliphatic rings. The number of ether oxygens (including phenoxy) is 1. The smallest absolute Gasteiger partial charge is 0.358 e. The first-order chi connectivity index (χ1) is 12.0. The van der Waals surface area contributed by atoms with Gasteiger partial charge in [0.1, 0.15) is 11.8 Å². The minimum Gasteiger partial charge on any atom is -0.458 e. The van der Waals surface area contributed by atoms with Crippen molar-refractivity contribution < 1.29 is 14.3 Å². The lowest BCUT2D eigenvalue weighted by Gasteiger charge is -2.28. The molecule has 1 saturated carbocycles. The van der Waals surface area contributed by atoms with Gasteiger partial charge in [-0.2, -0.15) is 0 Å². The number of hydrogen-bond acceptors (Lipinski definition) is 4. The molecule has 2 amide bonds. The minimum atomic E-state index is -0.388. The molecule has 134 valence electrons. The van der Waals surface area contributed by atoms with Crippen molar-refractivity contribution in [3.63, 3.8) is 0 Å². The van der Waals surface area contributed by atoms with Crippen molar-refractivity contribution >= 4 is 17.6 Å². The van der Waals surface area contributed by atoms with Crippen molar-refractivity contribution in [2.75, 3.05) is 6.54 Å². The third kappa shape index (κ3) is 4.29. The van der Waals surface area contributed by atoms with Crippen molar-refractivity contribution in [3.8, 4) is 0 Å². The summed E-state index contributed by atoms with van der Waals surface area (Å²) in [5, 5.41) is 5.67. The van der Waals surface area contributed by atoms with Crippen LogP contribution in [0.25, 0.3) is 5.65 Å². The van der Waals surface area contributed by atoms with Crippen LogP contribution in [0.4, 0.5) is 4.79 Å². The number of carbonyl (C=O) groups is 2. The molecule has 0 unspecified atom stereocenters. The molecule has 0 bridgehead atoms. The number of carbonyl (C=O) groups excluding carboxylic acids is 2. The molecule has 0 atom stereocenters. The van der Waals surface area contributed by atoms with E-state index in [1.807, 2.05) is 36.6 Å². The third-order valence-corrected chi connectivity index (χ3v) is 4.45. The van der Waals surface area contributed by atoms with Gasteiger partial charge in [0.15, 0.2) is 5.69 Å². The second-order valence-corrected chi connectivity index (χ2v) is 6.48. The van der Waals surface area contributed by atoms with Gasteiger partial charge in [0, 0.05) is 25.0 Å². The van der Waals surface area contributed by atoms with Crippen LogP contribution in [0.3, 0.4) is 0 Å². The van der Waals surface area contributed by atoms with Gasteiger partial charge in [-0.25, -0.2) is 14.6 Å². The highest BCUT2D eigenvalue weighted by Gasteiger charge is 2.26. The number of nitrogens with zero attached hydrogens (tertiary/aromatic N) is 2. The summed E-state index contributed by atoms with van der Waals surface area (Å²) in [4.78, 5) is 28.2. The van der Waals surface area contributed by atoms with Gasteiger partial charge >= 0.3 is 12.0 Å². The summed E-state index contributed by atoms with van der Waals surface area (Å²) < 4.78 is 7.41. The monoisotopic (exact) mass is 344 g/mol. The third-order valence-electron chi connectivity index (χ3n) is 4.45. The van der Waals surface area contributed by atoms with Crippen LogP contribution >= 0.6 is 0 Å². The summed E-state index contributed by atoms with van der Waals surface area (Å²) in [6.45, 7) is 4.48. The molecule has 0 spiro atoms. The number of pyridine rings is 1. The number of amides is 2. The van der Waals surface area contributed by atoms with Gasteiger partial charge in [-0.1, -0.05) is 0 Å². The summed E-state index contributed by atoms with van der Waals surface area (Å²) in [5.74, 6) is -0.388. The molecule has 0 aliphatic heterocycles. The maximum absolute atomic E-state index is 12.3. The maximum Gasteiger partial charge on any atom is 0.358 e. The Labute approximate surface area is 146 Å². The molecular formula is C18H24N4O3. The molecule has 0 radical (unpaired) electrons. The lowest BCUT2D eigenvalue weighted by atomic mass is 9.93. The fraction of sp³-hybridized carbons (Fsp3) is 0.500. The Morgan fingerprint density at radius 1 is 1.32 bits per heavy atom. The van der Waals surface area contributed by atoms with E-state index in [2.05, 4.69) is 15.6 Å². The topological polar surface area (TPSA) is 84.7 Å². The van der Waals surface area contributed by atoms with Crippen molar-refractivity contribution in [3.05, 3.63) is 35.8 Å². The molecule has 0 saturated heterocycles. The van der Waals surface area contributed by atoms with E-state index in [9.17, 15) is 9.59 Å². The van der Waals surface area contributed by atoms with Crippen LogP contribution in [-0.4, -0.2) is 40.1 Å². The van der Waals surface area contributed by atoms with Crippen LogP contribution in [0.5, 0.6) is 0 Å². The van der Waals surface area contributed by atoms with Gasteiger partial charge in [0.05, 0.1) is 0 Å². The lowest BCUT2D eigenvalue weighted by molar-refractivity contribution is 0.0182. The number of hydrogen-bond donors (Lipinski definition) is 2. The predicted molar refractivity (Wildman–Crippen MR) is 93.6 cm³/mol. The molecule has 7 nitrogen and oxygen atoms in total. The van der Waals surface area contributed by atoms with Gasteiger partial charge in [0.25, 0.3) is 0 Å². The standard InChI is InChI=1S/C18H24N4O3/c1-3-19-18(24)20-13-4-6-14(7-5-13)25-17(23)15-11-22-9-8-12(2)10-16(22)21-15/h8-11,13-14H,3-7H2,1-2H3,(H2,19,20,24). The summed E-state index contributed by atoms with van der Waals surface area (Å²) in [6.07, 6.45) is 6.56. The molecule has 7 heteroatoms. The first kappa shape index (κ1) is 17.3. The van der Waals surface area contributed by atoms with E-state index in [0.29, 0.717) is 12.2 Å². The highest BCUT2D eigenvalue weighted by atomic mass is 16.5. The fourth-order valence-corrected chi connectivity index (χ4v) is 3.12. The van der Waals surface area contributed by atoms with Gasteiger partial charge in [0.2, 0.25) is 0 Å². The van der Waals surface area contributed by atoms with Crippen molar-refractivity contribution in [1.82, 2.24) is 20.0 Å². The molecule has 2 heterocycles. The largest absolute Gasteiger partial charge is 0.458 e. The van der Waals surface area contributed by atoms with Crippen LogP contribution < -0.4 is 10.6 Å². The maximum atomic E-state index is 12.3. The minimum absolute atomic E-state index is 0.119. The normalized spacial score (nSPS) is 20.2. The zero-order chi connectivity index (χ0) is 17.8. The quantitative estimate of drug-likeness (QED) is 0.834. The fourth-order valence-electron chi connectivity index (χ4n) is 3.12. The number of aromatic nitrogens is 2. The number of aryl methyl sites for hydroxylation is 1. The van der Waals surface area contributed by atoms with E-state index >= 15 is 0 Å². The number of imidazole rings is 1. The Balaban J connectivity index is 1.52. The van der Waals surface area contributed by atoms with E-state index in [1.54, 1.807) is 6.20 Å². The molecule has 3 rings (SSSR count). The summed E-state index contributed by atoms with van der Waals surface area (Å²) >= 11 is 0. The second kappa shape index (κ2) is 7.55. The highest BCUT2D eigenvalue weighted by Crippen LogP contribution is 2.22. The Hall–Kier alpha value is -2.57. The van der Waals surface area contributed by atoms with Gasteiger partial charge < -0.3 is 19.8 Å². The Morgan fingerprint density at radius 3 is 2.80 bits per heavy atom. The summed E-state index contributed by atoms with van der Waals surface area (Å²) in [7, 11) is 0. The van der Waals surface area contributed by atoms with Gasteiger partial charge in [-0.3, -0.25) is 0 Å². The lowest BCUT2D eigenvalue weighted by Crippen LogP contribution is -2.44. The molecular weight excluding hydrogens is 320 g/mol. The van der Waals surface area contributed by atoms with E-state index in [0.717, 1.165) is 36.9 Å². The first-order valence-corrected chi connectivity index (χ1v) is 8.76. The van der Waals surface area contributed by atoms with Crippen LogP contribution in [0.2, 0.25) is 0 Å². The van der Waals surface area contributed by atoms with Gasteiger partial charge in [-0.05, 0) is 57.2 Å². The Kier molecular flexibility index (Phi) is 5.21. The molecule has 0 aromatic carbocycles. The molecule has 2 aromatic rings. The zero-order valence-corrected chi connectivity index (χ0v) is 14.6. The van der Waals surface area contributed by atoms with E-state index < -0.39 is 0 Å². The van der Waals surface area contributed by atoms with E-state index in [4.69, 9.17) is 4.74 Å². The average molecular weight is 344 g/mol. The van der Waals surface area contributed by atoms with Crippen molar-refractivity contribution in [1.29, 1.82) is 0 Å². The number of rotatable bonds is 4. The molecule has 2 N–H and O–H groups in total. The van der Waals surface area contributed by atoms with Crippen molar-refractivity contribution in [2.24, 2.45) is 0 Å². The van der Waals surface area contributed by atoms with Crippen LogP contribution in [0.1, 0.15) is 48.7 Å². The van der Waals surface area contributed by atoms with Gasteiger partial charge in [-0.15, -0.1) is 0 Å². The Morgan fingerprint density at radius 2 is 2.08 bits per heavy atom. The first-order valence-electron chi connectivity index (χ1n) is 8.76. The average Bonchev–Trinajstić information content (AvgIpc) is 3.00. The van der Waals surface area contributed by atoms with E-state index in [-0.39, 0.29) is 24.1 Å². The summed E-state index contributed by atoms with van der Waals surface area (Å²) in [5.41, 5.74) is 2.16. The van der Waals surface area contributed by atoms with Crippen LogP contribution in [0, 0.1) is 6.92 Å². The SMILES string of the molecule is CCNC(=O)NC1CCC(OC(=O)c2cn3ccc(C)cc3n2)CC1. The second-order valence-electron chi connectivity index (χ2n) is 6.48. The number of urea groups is 1. The predicted octanol–water partition coefficient (Wildman–Crippen LogP) is 2.43. The number of fused-ring (bicyclic) bond motifs is 1.